The molecule has 98 valence electrons. The molecule has 0 bridgehead atoms. The molecule has 2 aliphatic rings. The molecule has 1 saturated heterocycles. The zero-order chi connectivity index (χ0) is 12.5. The van der Waals surface area contributed by atoms with Crippen LogP contribution in [0.15, 0.2) is 0 Å². The van der Waals surface area contributed by atoms with Crippen LogP contribution < -0.4 is 10.6 Å². The van der Waals surface area contributed by atoms with Crippen LogP contribution in [-0.4, -0.2) is 27.3 Å². The van der Waals surface area contributed by atoms with Crippen molar-refractivity contribution in [2.24, 2.45) is 5.92 Å². The second-order valence-electron chi connectivity index (χ2n) is 5.09. The maximum atomic E-state index is 11.5. The van der Waals surface area contributed by atoms with Crippen LogP contribution in [0.5, 0.6) is 0 Å². The molecular weight excluding hydrogens is 248 g/mol. The number of carbonyl (C=O) groups excluding carboxylic acids is 1. The molecule has 0 radical (unpaired) electrons. The largest absolute Gasteiger partial charge is 0.355 e. The lowest BCUT2D eigenvalue weighted by Crippen LogP contribution is -2.52. The molecule has 3 rings (SSSR count). The van der Waals surface area contributed by atoms with E-state index in [9.17, 15) is 4.79 Å². The van der Waals surface area contributed by atoms with Crippen LogP contribution >= 0.6 is 11.5 Å². The standard InChI is InChI=1S/C12H18N4OS/c1-2-9-14-12(18-16-9)13-8-5-6-10(17)15-11(8)7-3-4-7/h7-8,11H,2-6H2,1H3,(H,15,17)(H,13,14,16)/t8-,11-/m1/s1. The minimum atomic E-state index is 0.191. The monoisotopic (exact) mass is 266 g/mol. The van der Waals surface area contributed by atoms with Crippen LogP contribution in [0.4, 0.5) is 5.13 Å². The number of aryl methyl sites for hydroxylation is 1. The SMILES string of the molecule is CCc1nsc(N[C@@H]2CCC(=O)N[C@@H]2C2CC2)n1. The summed E-state index contributed by atoms with van der Waals surface area (Å²) in [5.74, 6) is 1.74. The van der Waals surface area contributed by atoms with E-state index in [1.165, 1.54) is 24.4 Å². The molecule has 18 heavy (non-hydrogen) atoms. The van der Waals surface area contributed by atoms with Crippen LogP contribution in [0.25, 0.3) is 0 Å². The lowest BCUT2D eigenvalue weighted by Gasteiger charge is -2.32. The van der Waals surface area contributed by atoms with Crippen LogP contribution in [0.2, 0.25) is 0 Å². The van der Waals surface area contributed by atoms with Crippen molar-refractivity contribution in [1.82, 2.24) is 14.7 Å². The number of nitrogens with zero attached hydrogens (tertiary/aromatic N) is 2. The Kier molecular flexibility index (Phi) is 3.20. The van der Waals surface area contributed by atoms with Crippen molar-refractivity contribution in [2.75, 3.05) is 5.32 Å². The first-order chi connectivity index (χ1) is 8.76. The molecule has 1 saturated carbocycles. The highest BCUT2D eigenvalue weighted by Crippen LogP contribution is 2.37. The third-order valence-corrected chi connectivity index (χ3v) is 4.35. The molecule has 2 atom stereocenters. The molecular formula is C12H18N4OS. The minimum Gasteiger partial charge on any atom is -0.355 e. The first kappa shape index (κ1) is 11.9. The van der Waals surface area contributed by atoms with Crippen LogP contribution in [0.3, 0.4) is 0 Å². The molecule has 5 nitrogen and oxygen atoms in total. The number of hydrogen-bond acceptors (Lipinski definition) is 5. The summed E-state index contributed by atoms with van der Waals surface area (Å²) in [6.45, 7) is 2.06. The smallest absolute Gasteiger partial charge is 0.220 e. The summed E-state index contributed by atoms with van der Waals surface area (Å²) in [5.41, 5.74) is 0. The molecule has 2 fully saturated rings. The predicted octanol–water partition coefficient (Wildman–Crippen LogP) is 1.57. The fourth-order valence-electron chi connectivity index (χ4n) is 2.50. The van der Waals surface area contributed by atoms with Crippen LogP contribution in [0.1, 0.15) is 38.4 Å². The summed E-state index contributed by atoms with van der Waals surface area (Å²) in [6, 6.07) is 0.591. The van der Waals surface area contributed by atoms with Gasteiger partial charge in [-0.05, 0) is 25.2 Å². The summed E-state index contributed by atoms with van der Waals surface area (Å²) in [4.78, 5) is 15.9. The number of rotatable bonds is 4. The van der Waals surface area contributed by atoms with E-state index in [0.717, 1.165) is 23.8 Å². The van der Waals surface area contributed by atoms with Crippen LogP contribution in [-0.2, 0) is 11.2 Å². The molecule has 1 aromatic rings. The zero-order valence-corrected chi connectivity index (χ0v) is 11.3. The molecule has 0 aromatic carbocycles. The van der Waals surface area contributed by atoms with E-state index in [-0.39, 0.29) is 11.9 Å². The highest BCUT2D eigenvalue weighted by molar-refractivity contribution is 7.09. The van der Waals surface area contributed by atoms with Gasteiger partial charge in [-0.15, -0.1) is 0 Å². The topological polar surface area (TPSA) is 66.9 Å². The average Bonchev–Trinajstić information content (AvgIpc) is 3.12. The second kappa shape index (κ2) is 4.84. The maximum Gasteiger partial charge on any atom is 0.220 e. The van der Waals surface area contributed by atoms with E-state index in [4.69, 9.17) is 0 Å². The molecule has 0 spiro atoms. The summed E-state index contributed by atoms with van der Waals surface area (Å²) in [5, 5.41) is 7.47. The van der Waals surface area contributed by atoms with Crippen molar-refractivity contribution in [3.8, 4) is 0 Å². The van der Waals surface area contributed by atoms with E-state index in [0.29, 0.717) is 18.4 Å². The summed E-state index contributed by atoms with van der Waals surface area (Å²) in [6.07, 6.45) is 4.85. The number of aromatic nitrogens is 2. The van der Waals surface area contributed by atoms with Gasteiger partial charge < -0.3 is 10.6 Å². The van der Waals surface area contributed by atoms with E-state index < -0.39 is 0 Å². The van der Waals surface area contributed by atoms with Gasteiger partial charge in [0, 0.05) is 30.4 Å². The highest BCUT2D eigenvalue weighted by Gasteiger charge is 2.40. The van der Waals surface area contributed by atoms with E-state index in [2.05, 4.69) is 26.9 Å². The third-order valence-electron chi connectivity index (χ3n) is 3.67. The van der Waals surface area contributed by atoms with Gasteiger partial charge >= 0.3 is 0 Å². The molecule has 1 aromatic heterocycles. The first-order valence-corrected chi connectivity index (χ1v) is 7.42. The normalized spacial score (nSPS) is 27.9. The molecule has 1 aliphatic heterocycles. The van der Waals surface area contributed by atoms with Crippen LogP contribution in [0, 0.1) is 5.92 Å². The Morgan fingerprint density at radius 3 is 2.94 bits per heavy atom. The number of piperidine rings is 1. The zero-order valence-electron chi connectivity index (χ0n) is 10.5. The first-order valence-electron chi connectivity index (χ1n) is 6.64. The number of anilines is 1. The number of amides is 1. The summed E-state index contributed by atoms with van der Waals surface area (Å²) < 4.78 is 4.28. The van der Waals surface area contributed by atoms with Gasteiger partial charge in [0.25, 0.3) is 0 Å². The lowest BCUT2D eigenvalue weighted by molar-refractivity contribution is -0.123. The van der Waals surface area contributed by atoms with Gasteiger partial charge in [0.2, 0.25) is 11.0 Å². The lowest BCUT2D eigenvalue weighted by atomic mass is 9.94. The van der Waals surface area contributed by atoms with E-state index in [1.54, 1.807) is 0 Å². The molecule has 6 heteroatoms. The van der Waals surface area contributed by atoms with Gasteiger partial charge in [-0.3, -0.25) is 4.79 Å². The Hall–Kier alpha value is -1.17. The Morgan fingerprint density at radius 2 is 2.28 bits per heavy atom. The predicted molar refractivity (Wildman–Crippen MR) is 70.6 cm³/mol. The van der Waals surface area contributed by atoms with Crippen molar-refractivity contribution in [1.29, 1.82) is 0 Å². The van der Waals surface area contributed by atoms with Crippen molar-refractivity contribution >= 4 is 22.6 Å². The van der Waals surface area contributed by atoms with Gasteiger partial charge in [0.1, 0.15) is 5.82 Å². The fraction of sp³-hybridized carbons (Fsp3) is 0.750. The Morgan fingerprint density at radius 1 is 1.44 bits per heavy atom. The van der Waals surface area contributed by atoms with Gasteiger partial charge in [-0.2, -0.15) is 4.37 Å². The minimum absolute atomic E-state index is 0.191. The number of nitrogens with one attached hydrogen (secondary N) is 2. The second-order valence-corrected chi connectivity index (χ2v) is 5.84. The highest BCUT2D eigenvalue weighted by atomic mass is 32.1. The van der Waals surface area contributed by atoms with Gasteiger partial charge in [0.15, 0.2) is 0 Å². The van der Waals surface area contributed by atoms with Gasteiger partial charge in [-0.1, -0.05) is 6.92 Å². The molecule has 0 unspecified atom stereocenters. The van der Waals surface area contributed by atoms with Crippen molar-refractivity contribution < 1.29 is 4.79 Å². The van der Waals surface area contributed by atoms with Crippen molar-refractivity contribution in [3.63, 3.8) is 0 Å². The molecule has 1 amide bonds. The number of carbonyl (C=O) groups is 1. The van der Waals surface area contributed by atoms with Crippen molar-refractivity contribution in [3.05, 3.63) is 5.82 Å². The Balaban J connectivity index is 1.67. The van der Waals surface area contributed by atoms with Gasteiger partial charge in [-0.25, -0.2) is 4.98 Å². The Bertz CT molecular complexity index is 443. The van der Waals surface area contributed by atoms with E-state index >= 15 is 0 Å². The Labute approximate surface area is 111 Å². The fourth-order valence-corrected chi connectivity index (χ4v) is 3.22. The molecule has 2 heterocycles. The third kappa shape index (κ3) is 2.48. The molecule has 2 N–H and O–H groups in total. The quantitative estimate of drug-likeness (QED) is 0.868. The summed E-state index contributed by atoms with van der Waals surface area (Å²) >= 11 is 1.42. The maximum absolute atomic E-state index is 11.5. The van der Waals surface area contributed by atoms with E-state index in [1.807, 2.05) is 0 Å². The van der Waals surface area contributed by atoms with Crippen molar-refractivity contribution in [2.45, 2.75) is 51.1 Å². The summed E-state index contributed by atoms with van der Waals surface area (Å²) in [7, 11) is 0. The average molecular weight is 266 g/mol. The number of hydrogen-bond donors (Lipinski definition) is 2. The van der Waals surface area contributed by atoms with Gasteiger partial charge in [0.05, 0.1) is 6.04 Å². The molecule has 1 aliphatic carbocycles.